The van der Waals surface area contributed by atoms with E-state index >= 15 is 0 Å². The normalized spacial score (nSPS) is 11.7. The van der Waals surface area contributed by atoms with Crippen LogP contribution in [0.15, 0.2) is 138 Å². The van der Waals surface area contributed by atoms with Crippen LogP contribution in [0.25, 0.3) is 0 Å². The van der Waals surface area contributed by atoms with Gasteiger partial charge in [0.15, 0.2) is 0 Å². The van der Waals surface area contributed by atoms with Gasteiger partial charge in [-0.05, 0) is 86.0 Å². The molecule has 0 aromatic heterocycles. The molecule has 0 saturated carbocycles. The van der Waals surface area contributed by atoms with Crippen LogP contribution in [0.2, 0.25) is 0 Å². The Labute approximate surface area is 289 Å². The van der Waals surface area contributed by atoms with E-state index in [1.165, 1.54) is 17.0 Å². The highest BCUT2D eigenvalue weighted by Crippen LogP contribution is 2.29. The number of likely N-dealkylation sites (N-methyl/N-ethyl adjacent to an activating group) is 1. The third-order valence-corrected chi connectivity index (χ3v) is 10.0. The van der Waals surface area contributed by atoms with Crippen LogP contribution in [0.4, 0.5) is 5.69 Å². The summed E-state index contributed by atoms with van der Waals surface area (Å²) in [7, 11) is -4.22. The first-order valence-electron chi connectivity index (χ1n) is 16.2. The molecule has 0 spiro atoms. The standard InChI is InChI=1S/C40H41N3O5S/c1-4-41-40(45)38(27-32-14-7-5-8-15-32)42(28-33-16-12-11-13-31(33)3)39(44)29-43(49(46,47)37-25-19-30(2)20-26-37)34-21-23-36(24-22-34)48-35-17-9-6-10-18-35/h5-26,38H,4,27-29H2,1-3H3,(H,41,45)/t38-/m1/s1. The van der Waals surface area contributed by atoms with Gasteiger partial charge in [-0.2, -0.15) is 0 Å². The minimum atomic E-state index is -4.22. The van der Waals surface area contributed by atoms with Crippen molar-refractivity contribution in [3.05, 3.63) is 156 Å². The minimum Gasteiger partial charge on any atom is -0.457 e. The highest BCUT2D eigenvalue weighted by Gasteiger charge is 2.34. The zero-order valence-electron chi connectivity index (χ0n) is 28.0. The van der Waals surface area contributed by atoms with Crippen molar-refractivity contribution in [2.24, 2.45) is 0 Å². The Morgan fingerprint density at radius 2 is 1.33 bits per heavy atom. The number of rotatable bonds is 14. The van der Waals surface area contributed by atoms with Crippen molar-refractivity contribution in [3.8, 4) is 11.5 Å². The fourth-order valence-corrected chi connectivity index (χ4v) is 6.90. The van der Waals surface area contributed by atoms with Crippen LogP contribution in [0, 0.1) is 13.8 Å². The van der Waals surface area contributed by atoms with Gasteiger partial charge in [0.05, 0.1) is 10.6 Å². The van der Waals surface area contributed by atoms with Gasteiger partial charge in [0, 0.05) is 19.5 Å². The fourth-order valence-electron chi connectivity index (χ4n) is 5.49. The van der Waals surface area contributed by atoms with Crippen LogP contribution >= 0.6 is 0 Å². The zero-order chi connectivity index (χ0) is 34.8. The van der Waals surface area contributed by atoms with E-state index in [4.69, 9.17) is 4.74 Å². The Morgan fingerprint density at radius 3 is 1.96 bits per heavy atom. The van der Waals surface area contributed by atoms with Gasteiger partial charge in [-0.25, -0.2) is 8.42 Å². The largest absolute Gasteiger partial charge is 0.457 e. The van der Waals surface area contributed by atoms with E-state index < -0.39 is 28.5 Å². The average molecular weight is 676 g/mol. The number of amides is 2. The second-order valence-electron chi connectivity index (χ2n) is 11.8. The lowest BCUT2D eigenvalue weighted by atomic mass is 10.0. The SMILES string of the molecule is CCNC(=O)[C@@H](Cc1ccccc1)N(Cc1ccccc1C)C(=O)CN(c1ccc(Oc2ccccc2)cc1)S(=O)(=O)c1ccc(C)cc1. The van der Waals surface area contributed by atoms with Gasteiger partial charge >= 0.3 is 0 Å². The van der Waals surface area contributed by atoms with Crippen molar-refractivity contribution < 1.29 is 22.7 Å². The number of hydrogen-bond donors (Lipinski definition) is 1. The molecule has 252 valence electrons. The number of aryl methyl sites for hydroxylation is 2. The number of sulfonamides is 1. The molecule has 0 bridgehead atoms. The Kier molecular flexibility index (Phi) is 11.5. The number of hydrogen-bond acceptors (Lipinski definition) is 5. The quantitative estimate of drug-likeness (QED) is 0.136. The highest BCUT2D eigenvalue weighted by molar-refractivity contribution is 7.92. The lowest BCUT2D eigenvalue weighted by Crippen LogP contribution is -2.53. The lowest BCUT2D eigenvalue weighted by Gasteiger charge is -2.34. The number of carbonyl (C=O) groups is 2. The maximum absolute atomic E-state index is 14.6. The summed E-state index contributed by atoms with van der Waals surface area (Å²) in [5.74, 6) is 0.310. The molecule has 8 nitrogen and oxygen atoms in total. The molecular weight excluding hydrogens is 635 g/mol. The zero-order valence-corrected chi connectivity index (χ0v) is 28.8. The lowest BCUT2D eigenvalue weighted by molar-refractivity contribution is -0.140. The van der Waals surface area contributed by atoms with E-state index in [1.54, 1.807) is 36.4 Å². The summed E-state index contributed by atoms with van der Waals surface area (Å²) in [6.07, 6.45) is 0.251. The maximum Gasteiger partial charge on any atom is 0.264 e. The molecule has 2 amide bonds. The van der Waals surface area contributed by atoms with Crippen LogP contribution < -0.4 is 14.4 Å². The average Bonchev–Trinajstić information content (AvgIpc) is 3.11. The second-order valence-corrected chi connectivity index (χ2v) is 13.6. The number of benzene rings is 5. The van der Waals surface area contributed by atoms with Crippen LogP contribution in [-0.2, 0) is 32.6 Å². The van der Waals surface area contributed by atoms with E-state index in [-0.39, 0.29) is 29.5 Å². The predicted molar refractivity (Wildman–Crippen MR) is 193 cm³/mol. The van der Waals surface area contributed by atoms with E-state index in [0.29, 0.717) is 18.0 Å². The summed E-state index contributed by atoms with van der Waals surface area (Å²) in [6, 6.07) is 38.6. The Balaban J connectivity index is 1.56. The molecule has 0 radical (unpaired) electrons. The van der Waals surface area contributed by atoms with Gasteiger partial charge in [0.1, 0.15) is 24.1 Å². The van der Waals surface area contributed by atoms with E-state index in [2.05, 4.69) is 5.32 Å². The number of ether oxygens (including phenoxy) is 1. The minimum absolute atomic E-state index is 0.0468. The monoisotopic (exact) mass is 675 g/mol. The molecular formula is C40H41N3O5S. The highest BCUT2D eigenvalue weighted by atomic mass is 32.2. The molecule has 5 aromatic carbocycles. The molecule has 5 rings (SSSR count). The van der Waals surface area contributed by atoms with Crippen molar-refractivity contribution in [3.63, 3.8) is 0 Å². The number of carbonyl (C=O) groups excluding carboxylic acids is 2. The third kappa shape index (κ3) is 8.94. The van der Waals surface area contributed by atoms with Crippen LogP contribution in [0.5, 0.6) is 11.5 Å². The topological polar surface area (TPSA) is 96.0 Å². The van der Waals surface area contributed by atoms with Gasteiger partial charge in [-0.15, -0.1) is 0 Å². The molecule has 1 atom stereocenters. The Bertz CT molecular complexity index is 1950. The fraction of sp³-hybridized carbons (Fsp3) is 0.200. The molecule has 0 unspecified atom stereocenters. The molecule has 0 saturated heterocycles. The van der Waals surface area contributed by atoms with Crippen LogP contribution in [-0.4, -0.2) is 44.3 Å². The number of para-hydroxylation sites is 1. The Hall–Kier alpha value is -5.41. The van der Waals surface area contributed by atoms with E-state index in [1.807, 2.05) is 106 Å². The molecule has 5 aromatic rings. The molecule has 0 aliphatic heterocycles. The number of anilines is 1. The molecule has 0 aliphatic carbocycles. The molecule has 9 heteroatoms. The molecule has 0 fully saturated rings. The van der Waals surface area contributed by atoms with Crippen molar-refractivity contribution in [2.45, 2.75) is 44.7 Å². The van der Waals surface area contributed by atoms with Crippen molar-refractivity contribution in [1.82, 2.24) is 10.2 Å². The summed E-state index contributed by atoms with van der Waals surface area (Å²) in [5.41, 5.74) is 3.86. The summed E-state index contributed by atoms with van der Waals surface area (Å²) in [6.45, 7) is 5.60. The summed E-state index contributed by atoms with van der Waals surface area (Å²) >= 11 is 0. The summed E-state index contributed by atoms with van der Waals surface area (Å²) in [4.78, 5) is 29.9. The first kappa shape index (κ1) is 34.9. The van der Waals surface area contributed by atoms with Crippen molar-refractivity contribution in [2.75, 3.05) is 17.4 Å². The summed E-state index contributed by atoms with van der Waals surface area (Å²) in [5, 5.41) is 2.90. The van der Waals surface area contributed by atoms with Crippen molar-refractivity contribution >= 4 is 27.5 Å². The maximum atomic E-state index is 14.6. The van der Waals surface area contributed by atoms with Crippen LogP contribution in [0.1, 0.15) is 29.2 Å². The van der Waals surface area contributed by atoms with Crippen molar-refractivity contribution in [1.29, 1.82) is 0 Å². The molecule has 0 aliphatic rings. The second kappa shape index (κ2) is 16.1. The Morgan fingerprint density at radius 1 is 0.735 bits per heavy atom. The number of nitrogens with zero attached hydrogens (tertiary/aromatic N) is 2. The van der Waals surface area contributed by atoms with Gasteiger partial charge in [0.2, 0.25) is 11.8 Å². The van der Waals surface area contributed by atoms with E-state index in [0.717, 1.165) is 26.6 Å². The predicted octanol–water partition coefficient (Wildman–Crippen LogP) is 7.07. The van der Waals surface area contributed by atoms with E-state index in [9.17, 15) is 18.0 Å². The first-order chi connectivity index (χ1) is 23.7. The first-order valence-corrected chi connectivity index (χ1v) is 17.7. The van der Waals surface area contributed by atoms with Gasteiger partial charge in [-0.3, -0.25) is 13.9 Å². The third-order valence-electron chi connectivity index (χ3n) is 8.22. The van der Waals surface area contributed by atoms with Gasteiger partial charge < -0.3 is 15.0 Å². The van der Waals surface area contributed by atoms with Gasteiger partial charge in [-0.1, -0.05) is 90.5 Å². The smallest absolute Gasteiger partial charge is 0.264 e. The summed E-state index contributed by atoms with van der Waals surface area (Å²) < 4.78 is 35.7. The molecule has 49 heavy (non-hydrogen) atoms. The number of nitrogens with one attached hydrogen (secondary N) is 1. The molecule has 1 N–H and O–H groups in total. The van der Waals surface area contributed by atoms with Crippen LogP contribution in [0.3, 0.4) is 0 Å². The van der Waals surface area contributed by atoms with Gasteiger partial charge in [0.25, 0.3) is 10.0 Å². The molecule has 0 heterocycles.